The molecule has 1 heterocycles. The molecular weight excluding hydrogens is 530 g/mol. The highest BCUT2D eigenvalue weighted by atomic mass is 79.9. The molecular formula is C27H21Br2NO2. The summed E-state index contributed by atoms with van der Waals surface area (Å²) in [5.74, 6) is -0.0278. The van der Waals surface area contributed by atoms with Crippen molar-refractivity contribution in [2.75, 3.05) is 13.1 Å². The van der Waals surface area contributed by atoms with Gasteiger partial charge in [-0.3, -0.25) is 9.59 Å². The van der Waals surface area contributed by atoms with Crippen molar-refractivity contribution in [3.05, 3.63) is 116 Å². The summed E-state index contributed by atoms with van der Waals surface area (Å²) < 4.78 is 1.81. The fourth-order valence-corrected chi connectivity index (χ4v) is 4.46. The number of piperidine rings is 1. The minimum atomic E-state index is -0.0275. The predicted octanol–water partition coefficient (Wildman–Crippen LogP) is 6.33. The van der Waals surface area contributed by atoms with Crippen molar-refractivity contribution in [1.82, 2.24) is 4.90 Å². The molecule has 5 heteroatoms. The lowest BCUT2D eigenvalue weighted by Gasteiger charge is -2.30. The van der Waals surface area contributed by atoms with Crippen LogP contribution in [0.2, 0.25) is 0 Å². The highest BCUT2D eigenvalue weighted by Gasteiger charge is 2.29. The second kappa shape index (κ2) is 10.2. The second-order valence-corrected chi connectivity index (χ2v) is 9.33. The molecule has 0 aromatic heterocycles. The number of carbonyl (C=O) groups is 2. The molecule has 0 aliphatic carbocycles. The number of amides is 1. The third kappa shape index (κ3) is 5.34. The Morgan fingerprint density at radius 3 is 1.72 bits per heavy atom. The maximum atomic E-state index is 13.4. The highest BCUT2D eigenvalue weighted by molar-refractivity contribution is 9.10. The van der Waals surface area contributed by atoms with Crippen LogP contribution in [-0.2, 0) is 16.0 Å². The maximum Gasteiger partial charge on any atom is 0.227 e. The van der Waals surface area contributed by atoms with Gasteiger partial charge < -0.3 is 4.90 Å². The van der Waals surface area contributed by atoms with Crippen LogP contribution in [0.4, 0.5) is 0 Å². The molecule has 0 bridgehead atoms. The largest absolute Gasteiger partial charge is 0.333 e. The third-order valence-electron chi connectivity index (χ3n) is 5.33. The number of hydrogen-bond acceptors (Lipinski definition) is 2. The van der Waals surface area contributed by atoms with Crippen LogP contribution in [-0.4, -0.2) is 29.7 Å². The van der Waals surface area contributed by atoms with E-state index in [9.17, 15) is 9.59 Å². The first-order chi connectivity index (χ1) is 15.5. The summed E-state index contributed by atoms with van der Waals surface area (Å²) in [6.45, 7) is 0.582. The molecule has 1 amide bonds. The number of halogens is 2. The van der Waals surface area contributed by atoms with Crippen molar-refractivity contribution in [3.63, 3.8) is 0 Å². The molecule has 160 valence electrons. The van der Waals surface area contributed by atoms with E-state index in [2.05, 4.69) is 31.9 Å². The van der Waals surface area contributed by atoms with Gasteiger partial charge >= 0.3 is 0 Å². The Bertz CT molecular complexity index is 1150. The molecule has 0 saturated carbocycles. The Balaban J connectivity index is 1.70. The van der Waals surface area contributed by atoms with Crippen molar-refractivity contribution in [2.24, 2.45) is 0 Å². The van der Waals surface area contributed by atoms with E-state index >= 15 is 0 Å². The first-order valence-electron chi connectivity index (χ1n) is 10.3. The van der Waals surface area contributed by atoms with Crippen LogP contribution in [0.3, 0.4) is 0 Å². The van der Waals surface area contributed by atoms with Gasteiger partial charge in [-0.05, 0) is 41.0 Å². The normalized spacial score (nSPS) is 16.6. The van der Waals surface area contributed by atoms with Crippen LogP contribution in [0.5, 0.6) is 0 Å². The molecule has 3 nitrogen and oxygen atoms in total. The summed E-state index contributed by atoms with van der Waals surface area (Å²) in [4.78, 5) is 28.3. The number of rotatable bonds is 4. The van der Waals surface area contributed by atoms with Crippen molar-refractivity contribution in [3.8, 4) is 0 Å². The van der Waals surface area contributed by atoms with Crippen LogP contribution in [0.25, 0.3) is 12.2 Å². The van der Waals surface area contributed by atoms with E-state index in [1.165, 1.54) is 0 Å². The molecule has 1 fully saturated rings. The number of benzene rings is 3. The summed E-state index contributed by atoms with van der Waals surface area (Å²) in [5.41, 5.74) is 3.98. The Morgan fingerprint density at radius 2 is 1.22 bits per heavy atom. The molecule has 3 aromatic rings. The SMILES string of the molecule is O=C1/C(=C/c2ccccc2Br)CN(C(=O)Cc2ccccc2)C/C1=C\c1ccccc1Br. The van der Waals surface area contributed by atoms with Crippen LogP contribution >= 0.6 is 31.9 Å². The molecule has 1 aliphatic heterocycles. The lowest BCUT2D eigenvalue weighted by atomic mass is 9.93. The summed E-state index contributed by atoms with van der Waals surface area (Å²) in [5, 5.41) is 0. The van der Waals surface area contributed by atoms with Crippen molar-refractivity contribution in [1.29, 1.82) is 0 Å². The zero-order valence-corrected chi connectivity index (χ0v) is 20.5. The van der Waals surface area contributed by atoms with Crippen LogP contribution in [0.15, 0.2) is 99.0 Å². The molecule has 1 saturated heterocycles. The van der Waals surface area contributed by atoms with Gasteiger partial charge in [0.15, 0.2) is 5.78 Å². The van der Waals surface area contributed by atoms with E-state index in [4.69, 9.17) is 0 Å². The van der Waals surface area contributed by atoms with Crippen LogP contribution in [0, 0.1) is 0 Å². The summed E-state index contributed by atoms with van der Waals surface area (Å²) in [6, 6.07) is 25.2. The zero-order chi connectivity index (χ0) is 22.5. The first kappa shape index (κ1) is 22.4. The van der Waals surface area contributed by atoms with Crippen molar-refractivity contribution in [2.45, 2.75) is 6.42 Å². The molecule has 0 radical (unpaired) electrons. The number of ketones is 1. The minimum Gasteiger partial charge on any atom is -0.333 e. The number of nitrogens with zero attached hydrogens (tertiary/aromatic N) is 1. The molecule has 32 heavy (non-hydrogen) atoms. The van der Waals surface area contributed by atoms with E-state index in [-0.39, 0.29) is 11.7 Å². The topological polar surface area (TPSA) is 37.4 Å². The van der Waals surface area contributed by atoms with Gasteiger partial charge in [0.1, 0.15) is 0 Å². The van der Waals surface area contributed by atoms with Crippen molar-refractivity contribution < 1.29 is 9.59 Å². The lowest BCUT2D eigenvalue weighted by molar-refractivity contribution is -0.130. The zero-order valence-electron chi connectivity index (χ0n) is 17.3. The van der Waals surface area contributed by atoms with Gasteiger partial charge in [-0.1, -0.05) is 98.6 Å². The fraction of sp³-hybridized carbons (Fsp3) is 0.111. The first-order valence-corrected chi connectivity index (χ1v) is 11.9. The molecule has 4 rings (SSSR count). The van der Waals surface area contributed by atoms with Crippen molar-refractivity contribution >= 4 is 55.7 Å². The van der Waals surface area contributed by atoms with Crippen LogP contribution in [0.1, 0.15) is 16.7 Å². The van der Waals surface area contributed by atoms with E-state index in [1.807, 2.05) is 91.0 Å². The number of likely N-dealkylation sites (tertiary alicyclic amines) is 1. The molecule has 0 unspecified atom stereocenters. The highest BCUT2D eigenvalue weighted by Crippen LogP contribution is 2.27. The average Bonchev–Trinajstić information content (AvgIpc) is 2.80. The number of hydrogen-bond donors (Lipinski definition) is 0. The molecule has 0 atom stereocenters. The predicted molar refractivity (Wildman–Crippen MR) is 136 cm³/mol. The Labute approximate surface area is 204 Å². The molecule has 1 aliphatic rings. The van der Waals surface area contributed by atoms with E-state index in [0.29, 0.717) is 30.7 Å². The van der Waals surface area contributed by atoms with Gasteiger partial charge in [0, 0.05) is 33.2 Å². The maximum absolute atomic E-state index is 13.4. The fourth-order valence-electron chi connectivity index (χ4n) is 3.66. The van der Waals surface area contributed by atoms with Gasteiger partial charge in [0.25, 0.3) is 0 Å². The van der Waals surface area contributed by atoms with Gasteiger partial charge in [-0.25, -0.2) is 0 Å². The monoisotopic (exact) mass is 549 g/mol. The number of carbonyl (C=O) groups excluding carboxylic acids is 2. The van der Waals surface area contributed by atoms with E-state index in [1.54, 1.807) is 4.90 Å². The van der Waals surface area contributed by atoms with Crippen LogP contribution < -0.4 is 0 Å². The standard InChI is InChI=1S/C27H21Br2NO2/c28-24-12-6-4-10-20(24)15-22-17-30(26(31)14-19-8-2-1-3-9-19)18-23(27(22)32)16-21-11-5-7-13-25(21)29/h1-13,15-16H,14,17-18H2/b22-15+,23-16+. The molecule has 0 N–H and O–H groups in total. The summed E-state index contributed by atoms with van der Waals surface area (Å²) in [6.07, 6.45) is 4.06. The van der Waals surface area contributed by atoms with Gasteiger partial charge in [-0.2, -0.15) is 0 Å². The quantitative estimate of drug-likeness (QED) is 0.356. The Morgan fingerprint density at radius 1 is 0.750 bits per heavy atom. The molecule has 0 spiro atoms. The van der Waals surface area contributed by atoms with E-state index in [0.717, 1.165) is 25.6 Å². The lowest BCUT2D eigenvalue weighted by Crippen LogP contribution is -2.42. The van der Waals surface area contributed by atoms with Gasteiger partial charge in [-0.15, -0.1) is 0 Å². The summed E-state index contributed by atoms with van der Waals surface area (Å²) in [7, 11) is 0. The third-order valence-corrected chi connectivity index (χ3v) is 6.77. The summed E-state index contributed by atoms with van der Waals surface area (Å²) >= 11 is 7.11. The number of Topliss-reactive ketones (excluding diaryl/α,β-unsaturated/α-hetero) is 1. The van der Waals surface area contributed by atoms with Gasteiger partial charge in [0.2, 0.25) is 5.91 Å². The Hall–Kier alpha value is -2.76. The second-order valence-electron chi connectivity index (χ2n) is 7.62. The van der Waals surface area contributed by atoms with E-state index < -0.39 is 0 Å². The Kier molecular flexibility index (Phi) is 7.18. The molecule has 3 aromatic carbocycles. The average molecular weight is 551 g/mol. The minimum absolute atomic E-state index is 0.000227. The smallest absolute Gasteiger partial charge is 0.227 e. The van der Waals surface area contributed by atoms with Gasteiger partial charge in [0.05, 0.1) is 6.42 Å².